The van der Waals surface area contributed by atoms with E-state index in [-0.39, 0.29) is 35.1 Å². The van der Waals surface area contributed by atoms with Crippen molar-refractivity contribution in [2.24, 2.45) is 5.14 Å². The number of hydrogen-bond acceptors (Lipinski definition) is 5. The Bertz CT molecular complexity index is 1680. The summed E-state index contributed by atoms with van der Waals surface area (Å²) >= 11 is 6.26. The number of nitrogens with zero attached hydrogens (tertiary/aromatic N) is 3. The van der Waals surface area contributed by atoms with Crippen molar-refractivity contribution in [3.63, 3.8) is 0 Å². The van der Waals surface area contributed by atoms with Crippen LogP contribution in [-0.4, -0.2) is 53.4 Å². The van der Waals surface area contributed by atoms with Gasteiger partial charge in [-0.25, -0.2) is 17.9 Å². The van der Waals surface area contributed by atoms with Crippen LogP contribution < -0.4 is 14.3 Å². The molecule has 2 N–H and O–H groups in total. The topological polar surface area (TPSA) is 104 Å². The summed E-state index contributed by atoms with van der Waals surface area (Å²) in [6.07, 6.45) is 1.76. The molecule has 1 saturated heterocycles. The summed E-state index contributed by atoms with van der Waals surface area (Å²) < 4.78 is 69.1. The van der Waals surface area contributed by atoms with E-state index in [1.54, 1.807) is 43.3 Å². The van der Waals surface area contributed by atoms with Crippen LogP contribution >= 0.6 is 11.6 Å². The quantitative estimate of drug-likeness (QED) is 0.448. The Balaban J connectivity index is 1.62. The first-order valence-corrected chi connectivity index (χ1v) is 15.6. The highest BCUT2D eigenvalue weighted by atomic mass is 35.5. The second kappa shape index (κ2) is 10.2. The van der Waals surface area contributed by atoms with Crippen molar-refractivity contribution in [2.45, 2.75) is 24.8 Å². The maximum absolute atomic E-state index is 14.5. The SMILES string of the molecule is C/C(=C\c1ccc2c(c1)N(S(=O)(=O)c1cccc(C)c1)C[C@@H]1CN(S(N)(=O)=O)CCN21)c1c(F)cccc1Cl. The first-order chi connectivity index (χ1) is 18.4. The number of fused-ring (bicyclic) bond motifs is 3. The lowest BCUT2D eigenvalue weighted by atomic mass is 10.0. The summed E-state index contributed by atoms with van der Waals surface area (Å²) in [5.74, 6) is -0.451. The minimum absolute atomic E-state index is 0.0284. The monoisotopic (exact) mass is 590 g/mol. The molecule has 12 heteroatoms. The highest BCUT2D eigenvalue weighted by Gasteiger charge is 2.41. The smallest absolute Gasteiger partial charge is 0.277 e. The van der Waals surface area contributed by atoms with Gasteiger partial charge in [-0.05, 0) is 66.9 Å². The van der Waals surface area contributed by atoms with Crippen LogP contribution in [0.3, 0.4) is 0 Å². The summed E-state index contributed by atoms with van der Waals surface area (Å²) in [5, 5.41) is 5.67. The Hall–Kier alpha value is -2.96. The van der Waals surface area contributed by atoms with Crippen LogP contribution in [0.1, 0.15) is 23.6 Å². The number of aryl methyl sites for hydroxylation is 1. The van der Waals surface area contributed by atoms with E-state index in [2.05, 4.69) is 0 Å². The van der Waals surface area contributed by atoms with Gasteiger partial charge >= 0.3 is 0 Å². The predicted octanol–water partition coefficient (Wildman–Crippen LogP) is 4.25. The third-order valence-electron chi connectivity index (χ3n) is 7.08. The third kappa shape index (κ3) is 5.29. The Morgan fingerprint density at radius 2 is 1.74 bits per heavy atom. The Kier molecular flexibility index (Phi) is 7.23. The highest BCUT2D eigenvalue weighted by Crippen LogP contribution is 2.41. The van der Waals surface area contributed by atoms with Crippen LogP contribution in [-0.2, 0) is 20.2 Å². The number of sulfonamides is 1. The predicted molar refractivity (Wildman–Crippen MR) is 153 cm³/mol. The van der Waals surface area contributed by atoms with Gasteiger partial charge in [-0.3, -0.25) is 4.31 Å². The molecule has 2 aliphatic rings. The molecule has 0 amide bonds. The lowest BCUT2D eigenvalue weighted by Crippen LogP contribution is -2.62. The normalized spacial score (nSPS) is 18.6. The second-order valence-corrected chi connectivity index (χ2v) is 13.6. The summed E-state index contributed by atoms with van der Waals surface area (Å²) in [5.41, 5.74) is 3.44. The number of allylic oxidation sites excluding steroid dienone is 1. The molecule has 1 atom stereocenters. The fourth-order valence-corrected chi connectivity index (χ4v) is 7.86. The van der Waals surface area contributed by atoms with Gasteiger partial charge in [0.2, 0.25) is 0 Å². The number of anilines is 2. The van der Waals surface area contributed by atoms with Crippen LogP contribution in [0.15, 0.2) is 65.6 Å². The molecule has 39 heavy (non-hydrogen) atoms. The molecule has 206 valence electrons. The summed E-state index contributed by atoms with van der Waals surface area (Å²) in [7, 11) is -7.94. The third-order valence-corrected chi connectivity index (χ3v) is 10.2. The summed E-state index contributed by atoms with van der Waals surface area (Å²) in [6, 6.07) is 16.1. The second-order valence-electron chi connectivity index (χ2n) is 9.77. The molecular weight excluding hydrogens is 563 g/mol. The zero-order chi connectivity index (χ0) is 28.1. The molecule has 0 saturated carbocycles. The Morgan fingerprint density at radius 3 is 2.44 bits per heavy atom. The van der Waals surface area contributed by atoms with E-state index < -0.39 is 32.1 Å². The van der Waals surface area contributed by atoms with Crippen LogP contribution in [0.25, 0.3) is 11.6 Å². The fraction of sp³-hybridized carbons (Fsp3) is 0.259. The van der Waals surface area contributed by atoms with E-state index in [0.717, 1.165) is 5.56 Å². The van der Waals surface area contributed by atoms with Gasteiger partial charge in [-0.1, -0.05) is 41.9 Å². The van der Waals surface area contributed by atoms with Crippen LogP contribution in [0.4, 0.5) is 15.8 Å². The van der Waals surface area contributed by atoms with Crippen molar-refractivity contribution in [3.05, 3.63) is 88.2 Å². The molecule has 0 spiro atoms. The molecule has 1 fully saturated rings. The molecule has 2 heterocycles. The zero-order valence-corrected chi connectivity index (χ0v) is 23.8. The van der Waals surface area contributed by atoms with Crippen molar-refractivity contribution in [3.8, 4) is 0 Å². The molecule has 0 aromatic heterocycles. The zero-order valence-electron chi connectivity index (χ0n) is 21.4. The average Bonchev–Trinajstić information content (AvgIpc) is 2.87. The van der Waals surface area contributed by atoms with Crippen LogP contribution in [0.2, 0.25) is 5.02 Å². The van der Waals surface area contributed by atoms with Gasteiger partial charge in [0.15, 0.2) is 0 Å². The van der Waals surface area contributed by atoms with Crippen molar-refractivity contribution in [1.82, 2.24) is 4.31 Å². The van der Waals surface area contributed by atoms with Gasteiger partial charge in [0.1, 0.15) is 5.82 Å². The minimum atomic E-state index is -4.01. The molecule has 2 aliphatic heterocycles. The average molecular weight is 591 g/mol. The Morgan fingerprint density at radius 1 is 1.00 bits per heavy atom. The lowest BCUT2D eigenvalue weighted by Gasteiger charge is -2.48. The van der Waals surface area contributed by atoms with Gasteiger partial charge in [0.25, 0.3) is 20.2 Å². The summed E-state index contributed by atoms with van der Waals surface area (Å²) in [4.78, 5) is 2.16. The van der Waals surface area contributed by atoms with E-state index in [4.69, 9.17) is 16.7 Å². The first-order valence-electron chi connectivity index (χ1n) is 12.3. The minimum Gasteiger partial charge on any atom is -0.362 e. The molecule has 0 bridgehead atoms. The molecule has 8 nitrogen and oxygen atoms in total. The van der Waals surface area contributed by atoms with Crippen molar-refractivity contribution >= 4 is 54.9 Å². The lowest BCUT2D eigenvalue weighted by molar-refractivity contribution is 0.332. The maximum atomic E-state index is 14.5. The van der Waals surface area contributed by atoms with Gasteiger partial charge in [-0.15, -0.1) is 0 Å². The van der Waals surface area contributed by atoms with Gasteiger partial charge in [0.05, 0.1) is 33.9 Å². The van der Waals surface area contributed by atoms with Crippen molar-refractivity contribution < 1.29 is 21.2 Å². The van der Waals surface area contributed by atoms with E-state index >= 15 is 0 Å². The number of piperazine rings is 1. The Labute approximate surface area is 233 Å². The first kappa shape index (κ1) is 27.6. The van der Waals surface area contributed by atoms with Gasteiger partial charge < -0.3 is 4.90 Å². The molecule has 0 radical (unpaired) electrons. The number of hydrogen-bond donors (Lipinski definition) is 1. The molecule has 0 unspecified atom stereocenters. The molecule has 3 aromatic rings. The van der Waals surface area contributed by atoms with E-state index in [1.165, 1.54) is 20.7 Å². The van der Waals surface area contributed by atoms with Crippen molar-refractivity contribution in [2.75, 3.05) is 35.4 Å². The van der Waals surface area contributed by atoms with Crippen LogP contribution in [0.5, 0.6) is 0 Å². The number of halogens is 2. The van der Waals surface area contributed by atoms with E-state index in [9.17, 15) is 21.2 Å². The molecule has 3 aromatic carbocycles. The fourth-order valence-electron chi connectivity index (χ4n) is 5.22. The molecular formula is C27H28ClFN4O4S2. The maximum Gasteiger partial charge on any atom is 0.277 e. The molecule has 0 aliphatic carbocycles. The summed E-state index contributed by atoms with van der Waals surface area (Å²) in [6.45, 7) is 4.19. The number of benzene rings is 3. The number of rotatable bonds is 5. The van der Waals surface area contributed by atoms with Gasteiger partial charge in [-0.2, -0.15) is 12.7 Å². The van der Waals surface area contributed by atoms with Crippen LogP contribution in [0, 0.1) is 12.7 Å². The van der Waals surface area contributed by atoms with E-state index in [0.29, 0.717) is 29.1 Å². The highest BCUT2D eigenvalue weighted by molar-refractivity contribution is 7.92. The van der Waals surface area contributed by atoms with Crippen molar-refractivity contribution in [1.29, 1.82) is 0 Å². The standard InChI is InChI=1S/C27H28ClFN4O4S2/c1-18-5-3-6-22(13-18)38(34,35)33-17-21-16-31(39(30,36)37)11-12-32(21)25-10-9-20(15-26(25)33)14-19(2)27-23(28)7-4-8-24(27)29/h3-10,13-15,21H,11-12,16-17H2,1-2H3,(H2,30,36,37)/b19-14+/t21-/m0/s1. The van der Waals surface area contributed by atoms with Gasteiger partial charge in [0, 0.05) is 25.2 Å². The largest absolute Gasteiger partial charge is 0.362 e. The molecule has 5 rings (SSSR count). The van der Waals surface area contributed by atoms with E-state index in [1.807, 2.05) is 30.0 Å². The number of nitrogens with two attached hydrogens (primary N) is 1.